The van der Waals surface area contributed by atoms with Gasteiger partial charge in [0.2, 0.25) is 0 Å². The van der Waals surface area contributed by atoms with Crippen molar-refractivity contribution in [2.45, 2.75) is 57.1 Å². The second-order valence-electron chi connectivity index (χ2n) is 4.59. The number of hydrogen-bond donors (Lipinski definition) is 1. The van der Waals surface area contributed by atoms with Crippen molar-refractivity contribution in [3.05, 3.63) is 0 Å². The molecule has 0 aromatic rings. The monoisotopic (exact) mass is 183 g/mol. The molecular weight excluding hydrogens is 162 g/mol. The molecule has 0 bridgehead atoms. The highest BCUT2D eigenvalue weighted by Crippen LogP contribution is 2.30. The summed E-state index contributed by atoms with van der Waals surface area (Å²) in [4.78, 5) is 0. The average molecular weight is 183 g/mol. The van der Waals surface area contributed by atoms with E-state index < -0.39 is 0 Å². The van der Waals surface area contributed by atoms with Crippen LogP contribution >= 0.6 is 0 Å². The second-order valence-corrected chi connectivity index (χ2v) is 4.59. The van der Waals surface area contributed by atoms with Crippen molar-refractivity contribution < 1.29 is 4.74 Å². The van der Waals surface area contributed by atoms with Crippen LogP contribution in [0.25, 0.3) is 0 Å². The van der Waals surface area contributed by atoms with E-state index >= 15 is 0 Å². The normalized spacial score (nSPS) is 34.8. The minimum Gasteiger partial charge on any atom is -0.377 e. The molecular formula is C11H21NO. The molecule has 0 heterocycles. The van der Waals surface area contributed by atoms with Gasteiger partial charge in [-0.15, -0.1) is 0 Å². The van der Waals surface area contributed by atoms with E-state index in [1.54, 1.807) is 0 Å². The predicted molar refractivity (Wildman–Crippen MR) is 53.5 cm³/mol. The van der Waals surface area contributed by atoms with Crippen molar-refractivity contribution in [2.24, 2.45) is 11.7 Å². The molecule has 2 rings (SSSR count). The Labute approximate surface area is 80.8 Å². The van der Waals surface area contributed by atoms with Gasteiger partial charge < -0.3 is 10.5 Å². The maximum Gasteiger partial charge on any atom is 0.0725 e. The van der Waals surface area contributed by atoms with Crippen molar-refractivity contribution >= 4 is 0 Å². The van der Waals surface area contributed by atoms with E-state index in [0.29, 0.717) is 12.1 Å². The van der Waals surface area contributed by atoms with Gasteiger partial charge in [-0.2, -0.15) is 0 Å². The van der Waals surface area contributed by atoms with Crippen LogP contribution in [0, 0.1) is 5.92 Å². The molecule has 0 aromatic carbocycles. The molecule has 13 heavy (non-hydrogen) atoms. The van der Waals surface area contributed by atoms with Gasteiger partial charge in [0, 0.05) is 12.6 Å². The van der Waals surface area contributed by atoms with E-state index in [4.69, 9.17) is 10.5 Å². The standard InChI is InChI=1S/C11H21NO/c12-10-5-2-6-11(10)13-8-7-9-3-1-4-9/h9-11H,1-8,12H2. The summed E-state index contributed by atoms with van der Waals surface area (Å²) in [6.07, 6.45) is 9.55. The molecule has 0 radical (unpaired) electrons. The third kappa shape index (κ3) is 2.44. The lowest BCUT2D eigenvalue weighted by molar-refractivity contribution is 0.0335. The molecule has 2 unspecified atom stereocenters. The highest BCUT2D eigenvalue weighted by molar-refractivity contribution is 4.81. The molecule has 0 aliphatic heterocycles. The van der Waals surface area contributed by atoms with Gasteiger partial charge in [-0.25, -0.2) is 0 Å². The van der Waals surface area contributed by atoms with E-state index in [2.05, 4.69) is 0 Å². The maximum absolute atomic E-state index is 5.92. The Morgan fingerprint density at radius 1 is 1.08 bits per heavy atom. The second kappa shape index (κ2) is 4.43. The molecule has 76 valence electrons. The molecule has 2 heteroatoms. The van der Waals surface area contributed by atoms with Gasteiger partial charge in [-0.05, 0) is 31.6 Å². The first-order valence-electron chi connectivity index (χ1n) is 5.73. The van der Waals surface area contributed by atoms with Crippen LogP contribution in [0.1, 0.15) is 44.9 Å². The van der Waals surface area contributed by atoms with Gasteiger partial charge in [0.1, 0.15) is 0 Å². The van der Waals surface area contributed by atoms with Crippen LogP contribution < -0.4 is 5.73 Å². The fourth-order valence-electron chi connectivity index (χ4n) is 2.33. The van der Waals surface area contributed by atoms with Crippen molar-refractivity contribution in [3.63, 3.8) is 0 Å². The minimum atomic E-state index is 0.321. The van der Waals surface area contributed by atoms with Crippen LogP contribution in [0.4, 0.5) is 0 Å². The van der Waals surface area contributed by atoms with Gasteiger partial charge in [-0.1, -0.05) is 19.3 Å². The molecule has 2 fully saturated rings. The van der Waals surface area contributed by atoms with Crippen molar-refractivity contribution in [3.8, 4) is 0 Å². The van der Waals surface area contributed by atoms with Crippen LogP contribution in [0.5, 0.6) is 0 Å². The fraction of sp³-hybridized carbons (Fsp3) is 1.00. The van der Waals surface area contributed by atoms with Crippen molar-refractivity contribution in [1.82, 2.24) is 0 Å². The molecule has 2 aliphatic rings. The maximum atomic E-state index is 5.92. The Balaban J connectivity index is 1.56. The fourth-order valence-corrected chi connectivity index (χ4v) is 2.33. The molecule has 2 saturated carbocycles. The zero-order chi connectivity index (χ0) is 9.10. The number of hydrogen-bond acceptors (Lipinski definition) is 2. The topological polar surface area (TPSA) is 35.2 Å². The summed E-state index contributed by atoms with van der Waals surface area (Å²) in [7, 11) is 0. The Hall–Kier alpha value is -0.0800. The first-order chi connectivity index (χ1) is 6.36. The lowest BCUT2D eigenvalue weighted by atomic mass is 9.83. The zero-order valence-corrected chi connectivity index (χ0v) is 8.37. The van der Waals surface area contributed by atoms with E-state index in [1.807, 2.05) is 0 Å². The summed E-state index contributed by atoms with van der Waals surface area (Å²) >= 11 is 0. The summed E-state index contributed by atoms with van der Waals surface area (Å²) in [6.45, 7) is 0.947. The summed E-state index contributed by atoms with van der Waals surface area (Å²) in [6, 6.07) is 0.321. The molecule has 2 aliphatic carbocycles. The van der Waals surface area contributed by atoms with E-state index in [-0.39, 0.29) is 0 Å². The summed E-state index contributed by atoms with van der Waals surface area (Å²) in [5.41, 5.74) is 5.92. The lowest BCUT2D eigenvalue weighted by Gasteiger charge is -2.26. The average Bonchev–Trinajstić information content (AvgIpc) is 2.42. The van der Waals surface area contributed by atoms with Crippen LogP contribution in [-0.2, 0) is 4.74 Å². The third-order valence-electron chi connectivity index (χ3n) is 3.59. The van der Waals surface area contributed by atoms with Gasteiger partial charge in [0.15, 0.2) is 0 Å². The number of rotatable bonds is 4. The third-order valence-corrected chi connectivity index (χ3v) is 3.59. The van der Waals surface area contributed by atoms with Gasteiger partial charge in [0.25, 0.3) is 0 Å². The van der Waals surface area contributed by atoms with Gasteiger partial charge in [-0.3, -0.25) is 0 Å². The first-order valence-corrected chi connectivity index (χ1v) is 5.73. The Kier molecular flexibility index (Phi) is 3.23. The molecule has 0 saturated heterocycles. The molecule has 0 spiro atoms. The van der Waals surface area contributed by atoms with Crippen LogP contribution in [0.3, 0.4) is 0 Å². The van der Waals surface area contributed by atoms with Crippen molar-refractivity contribution in [1.29, 1.82) is 0 Å². The predicted octanol–water partition coefficient (Wildman–Crippen LogP) is 2.07. The molecule has 0 aromatic heterocycles. The highest BCUT2D eigenvalue weighted by atomic mass is 16.5. The van der Waals surface area contributed by atoms with E-state index in [1.165, 1.54) is 38.5 Å². The van der Waals surface area contributed by atoms with E-state index in [9.17, 15) is 0 Å². The number of nitrogens with two attached hydrogens (primary N) is 1. The quantitative estimate of drug-likeness (QED) is 0.724. The smallest absolute Gasteiger partial charge is 0.0725 e. The molecule has 0 amide bonds. The van der Waals surface area contributed by atoms with Crippen LogP contribution in [0.2, 0.25) is 0 Å². The van der Waals surface area contributed by atoms with Gasteiger partial charge >= 0.3 is 0 Å². The summed E-state index contributed by atoms with van der Waals surface area (Å²) < 4.78 is 5.80. The highest BCUT2D eigenvalue weighted by Gasteiger charge is 2.25. The Bertz CT molecular complexity index is 156. The van der Waals surface area contributed by atoms with Crippen LogP contribution in [-0.4, -0.2) is 18.8 Å². The largest absolute Gasteiger partial charge is 0.377 e. The Morgan fingerprint density at radius 3 is 2.38 bits per heavy atom. The molecule has 2 nitrogen and oxygen atoms in total. The summed E-state index contributed by atoms with van der Waals surface area (Å²) in [5.74, 6) is 0.970. The SMILES string of the molecule is NC1CCCC1OCCC1CCC1. The zero-order valence-electron chi connectivity index (χ0n) is 8.37. The Morgan fingerprint density at radius 2 is 1.85 bits per heavy atom. The van der Waals surface area contributed by atoms with Crippen LogP contribution in [0.15, 0.2) is 0 Å². The van der Waals surface area contributed by atoms with E-state index in [0.717, 1.165) is 18.9 Å². The first kappa shape index (κ1) is 9.47. The lowest BCUT2D eigenvalue weighted by Crippen LogP contribution is -2.32. The number of ether oxygens (including phenoxy) is 1. The summed E-state index contributed by atoms with van der Waals surface area (Å²) in [5, 5.41) is 0. The van der Waals surface area contributed by atoms with Gasteiger partial charge in [0.05, 0.1) is 6.10 Å². The van der Waals surface area contributed by atoms with Crippen molar-refractivity contribution in [2.75, 3.05) is 6.61 Å². The molecule has 2 atom stereocenters. The molecule has 2 N–H and O–H groups in total. The minimum absolute atomic E-state index is 0.321.